The minimum absolute atomic E-state index is 0.0349. The zero-order valence-corrected chi connectivity index (χ0v) is 13.3. The van der Waals surface area contributed by atoms with Crippen LogP contribution in [0.4, 0.5) is 0 Å². The van der Waals surface area contributed by atoms with E-state index in [1.807, 2.05) is 26.0 Å². The van der Waals surface area contributed by atoms with Crippen molar-refractivity contribution in [3.05, 3.63) is 41.5 Å². The number of ether oxygens (including phenoxy) is 2. The summed E-state index contributed by atoms with van der Waals surface area (Å²) in [5.74, 6) is 0.862. The van der Waals surface area contributed by atoms with Gasteiger partial charge in [-0.25, -0.2) is 0 Å². The van der Waals surface area contributed by atoms with Crippen molar-refractivity contribution < 1.29 is 19.1 Å². The highest BCUT2D eigenvalue weighted by molar-refractivity contribution is 5.94. The summed E-state index contributed by atoms with van der Waals surface area (Å²) in [6.45, 7) is 9.62. The average Bonchev–Trinajstić information content (AvgIpc) is 2.86. The lowest BCUT2D eigenvalue weighted by molar-refractivity contribution is -0.143. The van der Waals surface area contributed by atoms with E-state index in [0.717, 1.165) is 16.9 Å². The average molecular weight is 302 g/mol. The van der Waals surface area contributed by atoms with Crippen molar-refractivity contribution in [1.82, 2.24) is 0 Å². The normalized spacial score (nSPS) is 16.1. The Morgan fingerprint density at radius 1 is 1.41 bits per heavy atom. The standard InChI is InChI=1S/C18H22O4/c1-11(2)7-18(20)21-10-12(3)17-9-15-8-14(13(4)19)5-6-16(15)22-17/h5-6,8,11,17H,3,7,9-10H2,1-2,4H3/t17-/m1/s1. The summed E-state index contributed by atoms with van der Waals surface area (Å²) in [7, 11) is 0. The first-order valence-electron chi connectivity index (χ1n) is 7.50. The Kier molecular flexibility index (Phi) is 5.01. The first kappa shape index (κ1) is 16.3. The van der Waals surface area contributed by atoms with Crippen LogP contribution < -0.4 is 4.74 Å². The number of carbonyl (C=O) groups is 2. The lowest BCUT2D eigenvalue weighted by atomic mass is 10.0. The van der Waals surface area contributed by atoms with Crippen molar-refractivity contribution in [1.29, 1.82) is 0 Å². The second-order valence-corrected chi connectivity index (χ2v) is 6.11. The van der Waals surface area contributed by atoms with Crippen LogP contribution >= 0.6 is 0 Å². The molecule has 0 bridgehead atoms. The predicted octanol–water partition coefficient (Wildman–Crippen LogP) is 3.34. The fourth-order valence-corrected chi connectivity index (χ4v) is 2.35. The fraction of sp³-hybridized carbons (Fsp3) is 0.444. The molecule has 1 heterocycles. The van der Waals surface area contributed by atoms with Crippen LogP contribution in [0.1, 0.15) is 43.1 Å². The molecule has 0 saturated carbocycles. The van der Waals surface area contributed by atoms with E-state index in [9.17, 15) is 9.59 Å². The fourth-order valence-electron chi connectivity index (χ4n) is 2.35. The van der Waals surface area contributed by atoms with Crippen LogP contribution in [0.15, 0.2) is 30.4 Å². The second-order valence-electron chi connectivity index (χ2n) is 6.11. The molecule has 0 amide bonds. The number of carbonyl (C=O) groups excluding carboxylic acids is 2. The van der Waals surface area contributed by atoms with Gasteiger partial charge in [0.2, 0.25) is 0 Å². The van der Waals surface area contributed by atoms with Crippen molar-refractivity contribution in [3.8, 4) is 5.75 Å². The van der Waals surface area contributed by atoms with E-state index in [2.05, 4.69) is 6.58 Å². The summed E-state index contributed by atoms with van der Waals surface area (Å²) in [6.07, 6.45) is 0.849. The molecule has 4 heteroatoms. The Hall–Kier alpha value is -2.10. The minimum atomic E-state index is -0.217. The molecule has 0 N–H and O–H groups in total. The minimum Gasteiger partial charge on any atom is -0.485 e. The molecule has 0 fully saturated rings. The van der Waals surface area contributed by atoms with Crippen LogP contribution in [0.25, 0.3) is 0 Å². The number of Topliss-reactive ketones (excluding diaryl/α,β-unsaturated/α-hetero) is 1. The van der Waals surface area contributed by atoms with E-state index in [-0.39, 0.29) is 30.4 Å². The molecule has 1 aliphatic rings. The van der Waals surface area contributed by atoms with E-state index in [1.165, 1.54) is 0 Å². The van der Waals surface area contributed by atoms with Gasteiger partial charge in [-0.1, -0.05) is 20.4 Å². The topological polar surface area (TPSA) is 52.6 Å². The maximum atomic E-state index is 11.6. The Bertz CT molecular complexity index is 601. The van der Waals surface area contributed by atoms with Crippen LogP contribution in [0, 0.1) is 5.92 Å². The van der Waals surface area contributed by atoms with Crippen LogP contribution in [0.5, 0.6) is 5.75 Å². The van der Waals surface area contributed by atoms with Crippen LogP contribution in [0.2, 0.25) is 0 Å². The van der Waals surface area contributed by atoms with Gasteiger partial charge in [0.1, 0.15) is 18.5 Å². The van der Waals surface area contributed by atoms with Gasteiger partial charge in [0, 0.05) is 24.0 Å². The summed E-state index contributed by atoms with van der Waals surface area (Å²) in [4.78, 5) is 23.0. The van der Waals surface area contributed by atoms with Gasteiger partial charge in [0.25, 0.3) is 0 Å². The Morgan fingerprint density at radius 3 is 2.77 bits per heavy atom. The lowest BCUT2D eigenvalue weighted by Crippen LogP contribution is -2.21. The largest absolute Gasteiger partial charge is 0.485 e. The van der Waals surface area contributed by atoms with E-state index in [1.54, 1.807) is 13.0 Å². The number of hydrogen-bond donors (Lipinski definition) is 0. The van der Waals surface area contributed by atoms with Crippen LogP contribution in [0.3, 0.4) is 0 Å². The van der Waals surface area contributed by atoms with Gasteiger partial charge < -0.3 is 9.47 Å². The third-order valence-electron chi connectivity index (χ3n) is 3.59. The molecule has 4 nitrogen and oxygen atoms in total. The monoisotopic (exact) mass is 302 g/mol. The number of ketones is 1. The molecule has 2 rings (SSSR count). The Labute approximate surface area is 131 Å². The van der Waals surface area contributed by atoms with E-state index in [0.29, 0.717) is 18.4 Å². The third-order valence-corrected chi connectivity index (χ3v) is 3.59. The molecule has 0 radical (unpaired) electrons. The molecule has 0 saturated heterocycles. The van der Waals surface area contributed by atoms with Crippen molar-refractivity contribution in [2.45, 2.75) is 39.7 Å². The number of esters is 1. The quantitative estimate of drug-likeness (QED) is 0.459. The predicted molar refractivity (Wildman–Crippen MR) is 84.1 cm³/mol. The maximum absolute atomic E-state index is 11.6. The van der Waals surface area contributed by atoms with Crippen molar-refractivity contribution >= 4 is 11.8 Å². The van der Waals surface area contributed by atoms with Gasteiger partial charge in [-0.2, -0.15) is 0 Å². The van der Waals surface area contributed by atoms with Crippen molar-refractivity contribution in [2.24, 2.45) is 5.92 Å². The van der Waals surface area contributed by atoms with Gasteiger partial charge in [-0.3, -0.25) is 9.59 Å². The molecule has 0 unspecified atom stereocenters. The molecular weight excluding hydrogens is 280 g/mol. The Morgan fingerprint density at radius 2 is 2.14 bits per heavy atom. The molecule has 118 valence electrons. The molecule has 0 aromatic heterocycles. The van der Waals surface area contributed by atoms with Gasteiger partial charge in [0.05, 0.1) is 0 Å². The van der Waals surface area contributed by atoms with Crippen molar-refractivity contribution in [2.75, 3.05) is 6.61 Å². The van der Waals surface area contributed by atoms with Gasteiger partial charge >= 0.3 is 5.97 Å². The highest BCUT2D eigenvalue weighted by Crippen LogP contribution is 2.32. The zero-order chi connectivity index (χ0) is 16.3. The summed E-state index contributed by atoms with van der Waals surface area (Å²) < 4.78 is 11.0. The molecule has 0 spiro atoms. The molecule has 1 atom stereocenters. The molecule has 1 aliphatic heterocycles. The highest BCUT2D eigenvalue weighted by Gasteiger charge is 2.26. The SMILES string of the molecule is C=C(COC(=O)CC(C)C)[C@H]1Cc2cc(C(C)=O)ccc2O1. The maximum Gasteiger partial charge on any atom is 0.306 e. The highest BCUT2D eigenvalue weighted by atomic mass is 16.5. The number of benzene rings is 1. The van der Waals surface area contributed by atoms with E-state index in [4.69, 9.17) is 9.47 Å². The van der Waals surface area contributed by atoms with E-state index < -0.39 is 0 Å². The van der Waals surface area contributed by atoms with Gasteiger partial charge in [0.15, 0.2) is 5.78 Å². The first-order chi connectivity index (χ1) is 10.4. The summed E-state index contributed by atoms with van der Waals surface area (Å²) in [5, 5.41) is 0. The molecule has 1 aromatic rings. The molecular formula is C18H22O4. The lowest BCUT2D eigenvalue weighted by Gasteiger charge is -2.14. The summed E-state index contributed by atoms with van der Waals surface area (Å²) in [5.41, 5.74) is 2.40. The van der Waals surface area contributed by atoms with Crippen molar-refractivity contribution in [3.63, 3.8) is 0 Å². The Balaban J connectivity index is 1.91. The number of rotatable bonds is 6. The zero-order valence-electron chi connectivity index (χ0n) is 13.3. The van der Waals surface area contributed by atoms with Crippen LogP contribution in [-0.2, 0) is 16.0 Å². The van der Waals surface area contributed by atoms with Gasteiger partial charge in [-0.05, 0) is 36.6 Å². The van der Waals surface area contributed by atoms with Crippen LogP contribution in [-0.4, -0.2) is 24.5 Å². The summed E-state index contributed by atoms with van der Waals surface area (Å²) >= 11 is 0. The summed E-state index contributed by atoms with van der Waals surface area (Å²) in [6, 6.07) is 5.43. The van der Waals surface area contributed by atoms with E-state index >= 15 is 0 Å². The molecule has 0 aliphatic carbocycles. The molecule has 22 heavy (non-hydrogen) atoms. The third kappa shape index (κ3) is 3.97. The first-order valence-corrected chi connectivity index (χ1v) is 7.50. The smallest absolute Gasteiger partial charge is 0.306 e. The molecule has 1 aromatic carbocycles. The van der Waals surface area contributed by atoms with Gasteiger partial charge in [-0.15, -0.1) is 0 Å². The number of fused-ring (bicyclic) bond motifs is 1. The second kappa shape index (κ2) is 6.77. The number of hydrogen-bond acceptors (Lipinski definition) is 4.